The number of aromatic nitrogens is 1. The zero-order valence-corrected chi connectivity index (χ0v) is 12.7. The minimum absolute atomic E-state index is 0.108. The Morgan fingerprint density at radius 2 is 1.86 bits per heavy atom. The molecule has 0 spiro atoms. The van der Waals surface area contributed by atoms with E-state index in [0.717, 1.165) is 25.0 Å². The summed E-state index contributed by atoms with van der Waals surface area (Å²) in [5.41, 5.74) is 1.36. The molecular weight excluding hydrogens is 287 g/mol. The predicted octanol–water partition coefficient (Wildman–Crippen LogP) is 2.62. The summed E-state index contributed by atoms with van der Waals surface area (Å²) in [6.45, 7) is 4.88. The number of H-pyrrole nitrogens is 1. The standard InChI is InChI=1S/C15H15FN2O2.CH4O/c1-15(2)8-17-11-7-12(14(19)18-13(11)15)20-10-5-3-9(16)4-6-10;1-2/h3-7,17H,8H2,1-2H3,(H,18,19);2H,1H3. The Balaban J connectivity index is 0.000000847. The van der Waals surface area contributed by atoms with Gasteiger partial charge in [0.1, 0.15) is 11.6 Å². The largest absolute Gasteiger partial charge is 0.451 e. The van der Waals surface area contributed by atoms with E-state index in [4.69, 9.17) is 9.84 Å². The molecule has 0 amide bonds. The third-order valence-electron chi connectivity index (χ3n) is 3.45. The number of hydrogen-bond acceptors (Lipinski definition) is 4. The zero-order valence-electron chi connectivity index (χ0n) is 12.7. The Labute approximate surface area is 127 Å². The molecule has 1 aliphatic rings. The Bertz CT molecular complexity index is 708. The van der Waals surface area contributed by atoms with Crippen LogP contribution in [-0.2, 0) is 5.41 Å². The van der Waals surface area contributed by atoms with Gasteiger partial charge in [0.2, 0.25) is 0 Å². The molecule has 1 aromatic carbocycles. The van der Waals surface area contributed by atoms with Gasteiger partial charge in [-0.2, -0.15) is 0 Å². The monoisotopic (exact) mass is 306 g/mol. The van der Waals surface area contributed by atoms with Crippen molar-refractivity contribution in [1.29, 1.82) is 0 Å². The number of aromatic amines is 1. The van der Waals surface area contributed by atoms with Gasteiger partial charge in [-0.25, -0.2) is 4.39 Å². The Morgan fingerprint density at radius 1 is 1.23 bits per heavy atom. The van der Waals surface area contributed by atoms with Crippen molar-refractivity contribution in [2.24, 2.45) is 0 Å². The van der Waals surface area contributed by atoms with Gasteiger partial charge in [-0.1, -0.05) is 13.8 Å². The summed E-state index contributed by atoms with van der Waals surface area (Å²) < 4.78 is 18.3. The second kappa shape index (κ2) is 6.19. The van der Waals surface area contributed by atoms with E-state index in [1.807, 2.05) is 0 Å². The van der Waals surface area contributed by atoms with E-state index in [2.05, 4.69) is 24.1 Å². The molecule has 0 unspecified atom stereocenters. The summed E-state index contributed by atoms with van der Waals surface area (Å²) in [5, 5.41) is 10.2. The first-order valence-electron chi connectivity index (χ1n) is 6.85. The summed E-state index contributed by atoms with van der Waals surface area (Å²) in [7, 11) is 1.00. The van der Waals surface area contributed by atoms with E-state index in [9.17, 15) is 9.18 Å². The number of nitrogens with one attached hydrogen (secondary N) is 2. The normalized spacial score (nSPS) is 14.4. The van der Waals surface area contributed by atoms with Gasteiger partial charge in [-0.15, -0.1) is 0 Å². The fourth-order valence-electron chi connectivity index (χ4n) is 2.29. The molecule has 1 aromatic heterocycles. The quantitative estimate of drug-likeness (QED) is 0.797. The molecule has 0 atom stereocenters. The molecule has 2 aromatic rings. The highest BCUT2D eigenvalue weighted by Crippen LogP contribution is 2.35. The number of aliphatic hydroxyl groups is 1. The number of hydrogen-bond donors (Lipinski definition) is 3. The van der Waals surface area contributed by atoms with Crippen LogP contribution in [0.2, 0.25) is 0 Å². The molecule has 22 heavy (non-hydrogen) atoms. The van der Waals surface area contributed by atoms with E-state index in [0.29, 0.717) is 5.75 Å². The Morgan fingerprint density at radius 3 is 2.50 bits per heavy atom. The second-order valence-corrected chi connectivity index (χ2v) is 5.54. The van der Waals surface area contributed by atoms with E-state index in [1.165, 1.54) is 24.3 Å². The average Bonchev–Trinajstić information content (AvgIpc) is 2.79. The van der Waals surface area contributed by atoms with Crippen LogP contribution in [0.15, 0.2) is 35.1 Å². The lowest BCUT2D eigenvalue weighted by Crippen LogP contribution is -2.22. The van der Waals surface area contributed by atoms with Crippen LogP contribution >= 0.6 is 0 Å². The van der Waals surface area contributed by atoms with Gasteiger partial charge < -0.3 is 20.1 Å². The second-order valence-electron chi connectivity index (χ2n) is 5.54. The van der Waals surface area contributed by atoms with Crippen molar-refractivity contribution < 1.29 is 14.2 Å². The lowest BCUT2D eigenvalue weighted by Gasteiger charge is -2.16. The number of aliphatic hydroxyl groups excluding tert-OH is 1. The third-order valence-corrected chi connectivity index (χ3v) is 3.45. The molecule has 1 aliphatic heterocycles. The van der Waals surface area contributed by atoms with Crippen molar-refractivity contribution in [2.45, 2.75) is 19.3 Å². The summed E-state index contributed by atoms with van der Waals surface area (Å²) in [5.74, 6) is 0.276. The van der Waals surface area contributed by atoms with Crippen molar-refractivity contribution in [3.8, 4) is 11.5 Å². The minimum Gasteiger partial charge on any atom is -0.451 e. The van der Waals surface area contributed by atoms with Gasteiger partial charge in [0.15, 0.2) is 5.75 Å². The summed E-state index contributed by atoms with van der Waals surface area (Å²) in [4.78, 5) is 14.9. The number of halogens is 1. The molecule has 3 rings (SSSR count). The van der Waals surface area contributed by atoms with Gasteiger partial charge in [-0.05, 0) is 24.3 Å². The van der Waals surface area contributed by atoms with Crippen LogP contribution in [-0.4, -0.2) is 23.7 Å². The van der Waals surface area contributed by atoms with E-state index in [1.54, 1.807) is 6.07 Å². The van der Waals surface area contributed by atoms with Crippen LogP contribution in [0.4, 0.5) is 10.1 Å². The topological polar surface area (TPSA) is 74.3 Å². The van der Waals surface area contributed by atoms with Crippen LogP contribution in [0.3, 0.4) is 0 Å². The van der Waals surface area contributed by atoms with E-state index in [-0.39, 0.29) is 22.5 Å². The molecular formula is C16H19FN2O3. The number of ether oxygens (including phenoxy) is 1. The van der Waals surface area contributed by atoms with Crippen LogP contribution in [0, 0.1) is 5.82 Å². The molecule has 0 saturated heterocycles. The van der Waals surface area contributed by atoms with Gasteiger partial charge in [0.05, 0.1) is 5.69 Å². The Kier molecular flexibility index (Phi) is 4.51. The average molecular weight is 306 g/mol. The Hall–Kier alpha value is -2.34. The van der Waals surface area contributed by atoms with Gasteiger partial charge in [0, 0.05) is 30.8 Å². The predicted molar refractivity (Wildman–Crippen MR) is 83.2 cm³/mol. The number of anilines is 1. The smallest absolute Gasteiger partial charge is 0.291 e. The number of rotatable bonds is 2. The summed E-state index contributed by atoms with van der Waals surface area (Å²) >= 11 is 0. The lowest BCUT2D eigenvalue weighted by atomic mass is 9.91. The third kappa shape index (κ3) is 3.12. The van der Waals surface area contributed by atoms with Crippen LogP contribution in [0.1, 0.15) is 19.5 Å². The highest BCUT2D eigenvalue weighted by atomic mass is 19.1. The maximum absolute atomic E-state index is 12.8. The molecule has 5 nitrogen and oxygen atoms in total. The molecule has 0 radical (unpaired) electrons. The maximum Gasteiger partial charge on any atom is 0.291 e. The van der Waals surface area contributed by atoms with Gasteiger partial charge in [0.25, 0.3) is 5.56 Å². The first kappa shape index (κ1) is 16.0. The summed E-state index contributed by atoms with van der Waals surface area (Å²) in [6, 6.07) is 7.24. The lowest BCUT2D eigenvalue weighted by molar-refractivity contribution is 0.399. The molecule has 118 valence electrons. The molecule has 2 heterocycles. The summed E-state index contributed by atoms with van der Waals surface area (Å²) in [6.07, 6.45) is 0. The molecule has 0 bridgehead atoms. The van der Waals surface area contributed by atoms with Crippen LogP contribution in [0.5, 0.6) is 11.5 Å². The fraction of sp³-hybridized carbons (Fsp3) is 0.312. The van der Waals surface area contributed by atoms with Crippen LogP contribution in [0.25, 0.3) is 0 Å². The first-order chi connectivity index (χ1) is 10.5. The fourth-order valence-corrected chi connectivity index (χ4v) is 2.29. The van der Waals surface area contributed by atoms with Crippen molar-refractivity contribution in [1.82, 2.24) is 4.98 Å². The zero-order chi connectivity index (χ0) is 16.3. The van der Waals surface area contributed by atoms with Gasteiger partial charge >= 0.3 is 0 Å². The number of benzene rings is 1. The molecule has 0 aliphatic carbocycles. The van der Waals surface area contributed by atoms with Crippen LogP contribution < -0.4 is 15.6 Å². The van der Waals surface area contributed by atoms with Gasteiger partial charge in [-0.3, -0.25) is 4.79 Å². The molecule has 3 N–H and O–H groups in total. The maximum atomic E-state index is 12.8. The van der Waals surface area contributed by atoms with Crippen molar-refractivity contribution in [2.75, 3.05) is 19.0 Å². The number of pyridine rings is 1. The highest BCUT2D eigenvalue weighted by molar-refractivity contribution is 5.59. The molecule has 0 saturated carbocycles. The molecule has 6 heteroatoms. The molecule has 0 fully saturated rings. The van der Waals surface area contributed by atoms with E-state index < -0.39 is 0 Å². The SMILES string of the molecule is CC1(C)CNc2cc(Oc3ccc(F)cc3)c(=O)[nH]c21.CO. The van der Waals surface area contributed by atoms with Crippen molar-refractivity contribution in [3.05, 3.63) is 52.2 Å². The van der Waals surface area contributed by atoms with Crippen molar-refractivity contribution >= 4 is 5.69 Å². The highest BCUT2D eigenvalue weighted by Gasteiger charge is 2.31. The minimum atomic E-state index is -0.344. The number of fused-ring (bicyclic) bond motifs is 1. The first-order valence-corrected chi connectivity index (χ1v) is 6.85. The van der Waals surface area contributed by atoms with Crippen molar-refractivity contribution in [3.63, 3.8) is 0 Å². The van der Waals surface area contributed by atoms with E-state index >= 15 is 0 Å².